The molecule has 0 aliphatic heterocycles. The zero-order valence-corrected chi connectivity index (χ0v) is 12.2. The van der Waals surface area contributed by atoms with Crippen LogP contribution in [0.4, 0.5) is 0 Å². The fraction of sp³-hybridized carbons (Fsp3) is 0.0714. The molecule has 0 aliphatic rings. The van der Waals surface area contributed by atoms with Crippen LogP contribution in [0, 0.1) is 0 Å². The number of halogens is 2. The predicted octanol–water partition coefficient (Wildman–Crippen LogP) is 3.74. The molecule has 0 atom stereocenters. The highest BCUT2D eigenvalue weighted by Gasteiger charge is 2.08. The van der Waals surface area contributed by atoms with E-state index in [1.165, 1.54) is 0 Å². The molecule has 0 aliphatic carbocycles. The zero-order chi connectivity index (χ0) is 13.8. The number of benzene rings is 2. The third kappa shape index (κ3) is 3.49. The Hall–Kier alpha value is -1.52. The summed E-state index contributed by atoms with van der Waals surface area (Å²) in [5.74, 6) is -0.0747. The molecule has 0 spiro atoms. The number of hydrogen-bond acceptors (Lipinski definition) is 2. The Kier molecular flexibility index (Phi) is 4.45. The first-order valence-electron chi connectivity index (χ1n) is 5.58. The quantitative estimate of drug-likeness (QED) is 0.894. The molecule has 3 nitrogen and oxygen atoms in total. The lowest BCUT2D eigenvalue weighted by molar-refractivity contribution is 0.0950. The summed E-state index contributed by atoms with van der Waals surface area (Å²) in [6.07, 6.45) is 0. The van der Waals surface area contributed by atoms with Crippen molar-refractivity contribution in [3.05, 3.63) is 63.1 Å². The number of para-hydroxylation sites is 1. The highest BCUT2D eigenvalue weighted by atomic mass is 79.9. The van der Waals surface area contributed by atoms with Gasteiger partial charge in [-0.15, -0.1) is 0 Å². The minimum atomic E-state index is -0.238. The van der Waals surface area contributed by atoms with E-state index in [9.17, 15) is 9.90 Å². The van der Waals surface area contributed by atoms with Crippen molar-refractivity contribution in [2.75, 3.05) is 0 Å². The minimum absolute atomic E-state index is 0.164. The molecule has 2 aromatic rings. The van der Waals surface area contributed by atoms with Gasteiger partial charge in [0.1, 0.15) is 5.75 Å². The fourth-order valence-corrected chi connectivity index (χ4v) is 2.00. The Morgan fingerprint density at radius 2 is 2.00 bits per heavy atom. The van der Waals surface area contributed by atoms with Crippen LogP contribution in [0.1, 0.15) is 15.9 Å². The molecule has 0 saturated heterocycles. The fourth-order valence-electron chi connectivity index (χ4n) is 1.58. The molecule has 0 radical (unpaired) electrons. The van der Waals surface area contributed by atoms with Crippen LogP contribution in [0.3, 0.4) is 0 Å². The van der Waals surface area contributed by atoms with Gasteiger partial charge in [0.25, 0.3) is 5.91 Å². The molecule has 0 fully saturated rings. The number of carbonyl (C=O) groups is 1. The summed E-state index contributed by atoms with van der Waals surface area (Å²) < 4.78 is 0.742. The summed E-state index contributed by atoms with van der Waals surface area (Å²) in [6.45, 7) is 0.263. The Labute approximate surface area is 124 Å². The number of phenols is 1. The van der Waals surface area contributed by atoms with Gasteiger partial charge in [-0.2, -0.15) is 0 Å². The smallest absolute Gasteiger partial charge is 0.251 e. The van der Waals surface area contributed by atoms with Crippen molar-refractivity contribution < 1.29 is 9.90 Å². The van der Waals surface area contributed by atoms with Crippen LogP contribution in [0.2, 0.25) is 5.02 Å². The maximum absolute atomic E-state index is 11.9. The van der Waals surface area contributed by atoms with Crippen molar-refractivity contribution in [1.29, 1.82) is 0 Å². The lowest BCUT2D eigenvalue weighted by Gasteiger charge is -2.07. The zero-order valence-electron chi connectivity index (χ0n) is 9.86. The van der Waals surface area contributed by atoms with E-state index in [1.54, 1.807) is 42.5 Å². The molecule has 19 heavy (non-hydrogen) atoms. The summed E-state index contributed by atoms with van der Waals surface area (Å²) in [6, 6.07) is 11.9. The Morgan fingerprint density at radius 1 is 1.26 bits per heavy atom. The van der Waals surface area contributed by atoms with Gasteiger partial charge in [-0.05, 0) is 40.2 Å². The average Bonchev–Trinajstić information content (AvgIpc) is 2.40. The number of aromatic hydroxyl groups is 1. The molecule has 0 heterocycles. The van der Waals surface area contributed by atoms with Crippen molar-refractivity contribution in [3.8, 4) is 5.75 Å². The van der Waals surface area contributed by atoms with Crippen LogP contribution in [0.25, 0.3) is 0 Å². The number of nitrogens with one attached hydrogen (secondary N) is 1. The largest absolute Gasteiger partial charge is 0.508 e. The summed E-state index contributed by atoms with van der Waals surface area (Å²) in [5.41, 5.74) is 1.14. The van der Waals surface area contributed by atoms with Crippen LogP contribution >= 0.6 is 27.5 Å². The van der Waals surface area contributed by atoms with Crippen LogP contribution in [0.5, 0.6) is 5.75 Å². The van der Waals surface area contributed by atoms with Gasteiger partial charge in [-0.1, -0.05) is 29.8 Å². The molecule has 2 rings (SSSR count). The molecular formula is C14H11BrClNO2. The van der Waals surface area contributed by atoms with Gasteiger partial charge >= 0.3 is 0 Å². The van der Waals surface area contributed by atoms with Gasteiger partial charge < -0.3 is 10.4 Å². The summed E-state index contributed by atoms with van der Waals surface area (Å²) in [7, 11) is 0. The third-order valence-corrected chi connectivity index (χ3v) is 3.85. The minimum Gasteiger partial charge on any atom is -0.508 e. The molecule has 0 unspecified atom stereocenters. The van der Waals surface area contributed by atoms with Crippen LogP contribution in [0.15, 0.2) is 46.9 Å². The van der Waals surface area contributed by atoms with Crippen molar-refractivity contribution in [3.63, 3.8) is 0 Å². The van der Waals surface area contributed by atoms with E-state index >= 15 is 0 Å². The average molecular weight is 341 g/mol. The van der Waals surface area contributed by atoms with Gasteiger partial charge in [0.15, 0.2) is 0 Å². The standard InChI is InChI=1S/C14H11BrClNO2/c15-11-6-5-9(7-12(11)16)14(19)17-8-10-3-1-2-4-13(10)18/h1-7,18H,8H2,(H,17,19). The molecule has 2 aromatic carbocycles. The van der Waals surface area contributed by atoms with Crippen molar-refractivity contribution in [2.45, 2.75) is 6.54 Å². The van der Waals surface area contributed by atoms with Gasteiger partial charge in [0, 0.05) is 22.1 Å². The maximum atomic E-state index is 11.9. The second-order valence-electron chi connectivity index (χ2n) is 3.94. The van der Waals surface area contributed by atoms with Gasteiger partial charge in [0.2, 0.25) is 0 Å². The first-order valence-corrected chi connectivity index (χ1v) is 6.75. The number of amides is 1. The van der Waals surface area contributed by atoms with Crippen LogP contribution in [-0.2, 0) is 6.54 Å². The SMILES string of the molecule is O=C(NCc1ccccc1O)c1ccc(Br)c(Cl)c1. The number of carbonyl (C=O) groups excluding carboxylic acids is 1. The molecule has 2 N–H and O–H groups in total. The molecule has 1 amide bonds. The Morgan fingerprint density at radius 3 is 2.68 bits per heavy atom. The second-order valence-corrected chi connectivity index (χ2v) is 5.20. The molecular weight excluding hydrogens is 330 g/mol. The molecule has 5 heteroatoms. The van der Waals surface area contributed by atoms with E-state index in [1.807, 2.05) is 0 Å². The van der Waals surface area contributed by atoms with Crippen molar-refractivity contribution in [1.82, 2.24) is 5.32 Å². The molecule has 0 aromatic heterocycles. The lowest BCUT2D eigenvalue weighted by atomic mass is 10.2. The van der Waals surface area contributed by atoms with Gasteiger partial charge in [0.05, 0.1) is 5.02 Å². The second kappa shape index (κ2) is 6.08. The topological polar surface area (TPSA) is 49.3 Å². The summed E-state index contributed by atoms with van der Waals surface area (Å²) in [4.78, 5) is 11.9. The maximum Gasteiger partial charge on any atom is 0.251 e. The van der Waals surface area contributed by atoms with Crippen LogP contribution in [-0.4, -0.2) is 11.0 Å². The highest BCUT2D eigenvalue weighted by Crippen LogP contribution is 2.23. The Bertz CT molecular complexity index is 616. The normalized spacial score (nSPS) is 10.2. The van der Waals surface area contributed by atoms with Gasteiger partial charge in [-0.3, -0.25) is 4.79 Å². The monoisotopic (exact) mass is 339 g/mol. The molecule has 0 bridgehead atoms. The first-order chi connectivity index (χ1) is 9.08. The van der Waals surface area contributed by atoms with E-state index in [2.05, 4.69) is 21.2 Å². The van der Waals surface area contributed by atoms with E-state index < -0.39 is 0 Å². The van der Waals surface area contributed by atoms with E-state index in [0.29, 0.717) is 16.1 Å². The first kappa shape index (κ1) is 13.9. The van der Waals surface area contributed by atoms with E-state index in [-0.39, 0.29) is 18.2 Å². The van der Waals surface area contributed by atoms with Crippen LogP contribution < -0.4 is 5.32 Å². The highest BCUT2D eigenvalue weighted by molar-refractivity contribution is 9.10. The summed E-state index contributed by atoms with van der Waals surface area (Å²) in [5, 5.41) is 12.8. The predicted molar refractivity (Wildman–Crippen MR) is 78.4 cm³/mol. The van der Waals surface area contributed by atoms with E-state index in [0.717, 1.165) is 4.47 Å². The van der Waals surface area contributed by atoms with Crippen molar-refractivity contribution >= 4 is 33.4 Å². The lowest BCUT2D eigenvalue weighted by Crippen LogP contribution is -2.22. The molecule has 0 saturated carbocycles. The Balaban J connectivity index is 2.05. The number of rotatable bonds is 3. The summed E-state index contributed by atoms with van der Waals surface area (Å²) >= 11 is 9.20. The van der Waals surface area contributed by atoms with Gasteiger partial charge in [-0.25, -0.2) is 0 Å². The molecule has 98 valence electrons. The third-order valence-electron chi connectivity index (χ3n) is 2.61. The number of hydrogen-bond donors (Lipinski definition) is 2. The van der Waals surface area contributed by atoms with Crippen molar-refractivity contribution in [2.24, 2.45) is 0 Å². The number of phenolic OH excluding ortho intramolecular Hbond substituents is 1. The van der Waals surface area contributed by atoms with E-state index in [4.69, 9.17) is 11.6 Å².